The Morgan fingerprint density at radius 2 is 2.12 bits per heavy atom. The van der Waals surface area contributed by atoms with Crippen LogP contribution in [0.25, 0.3) is 0 Å². The van der Waals surface area contributed by atoms with Gasteiger partial charge in [-0.2, -0.15) is 0 Å². The molecule has 0 aromatic carbocycles. The minimum atomic E-state index is -0.131. The average molecular weight is 240 g/mol. The lowest BCUT2D eigenvalue weighted by atomic mass is 9.89. The summed E-state index contributed by atoms with van der Waals surface area (Å²) in [6, 6.07) is -0.131. The molecular weight excluding hydrogens is 216 g/mol. The first-order valence-corrected chi connectivity index (χ1v) is 6.61. The molecular formula is C13H24N2O2. The van der Waals surface area contributed by atoms with Crippen molar-refractivity contribution in [3.05, 3.63) is 12.3 Å². The van der Waals surface area contributed by atoms with Crippen molar-refractivity contribution in [3.63, 3.8) is 0 Å². The van der Waals surface area contributed by atoms with Gasteiger partial charge in [0.25, 0.3) is 0 Å². The third-order valence-electron chi connectivity index (χ3n) is 3.26. The second kappa shape index (κ2) is 8.12. The molecule has 0 aromatic rings. The smallest absolute Gasteiger partial charge is 0.321 e. The zero-order valence-electron chi connectivity index (χ0n) is 10.7. The van der Waals surface area contributed by atoms with Gasteiger partial charge in [0.1, 0.15) is 0 Å². The molecule has 1 saturated carbocycles. The van der Waals surface area contributed by atoms with E-state index in [2.05, 4.69) is 11.4 Å². The van der Waals surface area contributed by atoms with Gasteiger partial charge < -0.3 is 15.3 Å². The van der Waals surface area contributed by atoms with Crippen molar-refractivity contribution in [1.29, 1.82) is 0 Å². The number of nitrogens with zero attached hydrogens (tertiary/aromatic N) is 1. The average Bonchev–Trinajstić information content (AvgIpc) is 2.37. The Balaban J connectivity index is 2.27. The van der Waals surface area contributed by atoms with Gasteiger partial charge in [0, 0.05) is 19.3 Å². The highest BCUT2D eigenvalue weighted by molar-refractivity contribution is 5.75. The molecule has 1 fully saturated rings. The van der Waals surface area contributed by atoms with Gasteiger partial charge >= 0.3 is 6.03 Å². The summed E-state index contributed by atoms with van der Waals surface area (Å²) < 4.78 is 0. The number of aliphatic hydroxyl groups excluding tert-OH is 1. The molecule has 0 saturated heterocycles. The molecule has 1 aliphatic rings. The maximum atomic E-state index is 11.7. The Morgan fingerprint density at radius 1 is 1.41 bits per heavy atom. The minimum absolute atomic E-state index is 0.00754. The van der Waals surface area contributed by atoms with E-state index >= 15 is 0 Å². The van der Waals surface area contributed by atoms with Crippen LogP contribution in [-0.2, 0) is 0 Å². The summed E-state index contributed by atoms with van der Waals surface area (Å²) in [5.41, 5.74) is 0. The van der Waals surface area contributed by atoms with Crippen molar-refractivity contribution < 1.29 is 9.90 Å². The molecule has 4 heteroatoms. The van der Waals surface area contributed by atoms with Crippen molar-refractivity contribution >= 4 is 6.03 Å². The molecule has 98 valence electrons. The third kappa shape index (κ3) is 5.22. The second-order valence-corrected chi connectivity index (χ2v) is 4.51. The molecule has 0 aromatic heterocycles. The number of amides is 2. The lowest BCUT2D eigenvalue weighted by Crippen LogP contribution is -2.39. The lowest BCUT2D eigenvalue weighted by Gasteiger charge is -2.20. The quantitative estimate of drug-likeness (QED) is 0.773. The van der Waals surface area contributed by atoms with Crippen molar-refractivity contribution in [3.8, 4) is 0 Å². The normalized spacial score (nSPS) is 17.3. The molecule has 0 atom stereocenters. The second-order valence-electron chi connectivity index (χ2n) is 4.51. The van der Waals surface area contributed by atoms with Gasteiger partial charge in [-0.25, -0.2) is 4.79 Å². The Labute approximate surface area is 104 Å². The van der Waals surface area contributed by atoms with Crippen LogP contribution in [0.15, 0.2) is 12.3 Å². The van der Waals surface area contributed by atoms with Gasteiger partial charge in [-0.05, 0) is 25.7 Å². The zero-order chi connectivity index (χ0) is 12.5. The topological polar surface area (TPSA) is 52.6 Å². The summed E-state index contributed by atoms with van der Waals surface area (Å²) in [6.45, 7) is 2.91. The van der Waals surface area contributed by atoms with Crippen LogP contribution in [0.4, 0.5) is 4.79 Å². The first-order valence-electron chi connectivity index (χ1n) is 6.61. The SMILES string of the molecule is CCN(CCO)C(=O)N/C=C/C1CCCCC1. The lowest BCUT2D eigenvalue weighted by molar-refractivity contribution is 0.183. The monoisotopic (exact) mass is 240 g/mol. The molecule has 0 heterocycles. The summed E-state index contributed by atoms with van der Waals surface area (Å²) in [5, 5.41) is 11.6. The summed E-state index contributed by atoms with van der Waals surface area (Å²) in [7, 11) is 0. The molecule has 0 unspecified atom stereocenters. The number of hydrogen-bond acceptors (Lipinski definition) is 2. The van der Waals surface area contributed by atoms with E-state index in [-0.39, 0.29) is 12.6 Å². The molecule has 1 rings (SSSR count). The standard InChI is InChI=1S/C13H24N2O2/c1-2-15(10-11-16)13(17)14-9-8-12-6-4-3-5-7-12/h8-9,12,16H,2-7,10-11H2,1H3,(H,14,17)/b9-8+. The number of rotatable bonds is 5. The molecule has 4 nitrogen and oxygen atoms in total. The van der Waals surface area contributed by atoms with Crippen molar-refractivity contribution in [2.24, 2.45) is 5.92 Å². The maximum absolute atomic E-state index is 11.7. The van der Waals surface area contributed by atoms with Crippen LogP contribution >= 0.6 is 0 Å². The summed E-state index contributed by atoms with van der Waals surface area (Å²) in [4.78, 5) is 13.2. The van der Waals surface area contributed by atoms with Crippen LogP contribution in [0.1, 0.15) is 39.0 Å². The van der Waals surface area contributed by atoms with E-state index in [9.17, 15) is 4.79 Å². The number of allylic oxidation sites excluding steroid dienone is 1. The summed E-state index contributed by atoms with van der Waals surface area (Å²) in [5.74, 6) is 0.622. The van der Waals surface area contributed by atoms with Crippen LogP contribution in [0, 0.1) is 5.92 Å². The van der Waals surface area contributed by atoms with Crippen LogP contribution in [0.5, 0.6) is 0 Å². The van der Waals surface area contributed by atoms with Gasteiger partial charge in [-0.3, -0.25) is 0 Å². The number of nitrogens with one attached hydrogen (secondary N) is 1. The molecule has 0 bridgehead atoms. The van der Waals surface area contributed by atoms with Gasteiger partial charge in [-0.15, -0.1) is 0 Å². The van der Waals surface area contributed by atoms with E-state index in [4.69, 9.17) is 5.11 Å². The Bertz CT molecular complexity index is 248. The van der Waals surface area contributed by atoms with E-state index < -0.39 is 0 Å². The number of carbonyl (C=O) groups is 1. The van der Waals surface area contributed by atoms with Crippen molar-refractivity contribution in [2.75, 3.05) is 19.7 Å². The minimum Gasteiger partial charge on any atom is -0.395 e. The molecule has 17 heavy (non-hydrogen) atoms. The van der Waals surface area contributed by atoms with Crippen molar-refractivity contribution in [1.82, 2.24) is 10.2 Å². The molecule has 0 spiro atoms. The van der Waals surface area contributed by atoms with Gasteiger partial charge in [0.2, 0.25) is 0 Å². The van der Waals surface area contributed by atoms with E-state index in [1.165, 1.54) is 32.1 Å². The zero-order valence-corrected chi connectivity index (χ0v) is 10.7. The van der Waals surface area contributed by atoms with Crippen molar-refractivity contribution in [2.45, 2.75) is 39.0 Å². The predicted molar refractivity (Wildman–Crippen MR) is 68.6 cm³/mol. The van der Waals surface area contributed by atoms with Gasteiger partial charge in [-0.1, -0.05) is 25.3 Å². The fourth-order valence-corrected chi connectivity index (χ4v) is 2.20. The summed E-state index contributed by atoms with van der Waals surface area (Å²) in [6.07, 6.45) is 10.3. The number of urea groups is 1. The van der Waals surface area contributed by atoms with E-state index in [0.29, 0.717) is 19.0 Å². The predicted octanol–water partition coefficient (Wildman–Crippen LogP) is 2.10. The number of likely N-dealkylation sites (N-methyl/N-ethyl adjacent to an activating group) is 1. The Hall–Kier alpha value is -1.03. The molecule has 0 aliphatic heterocycles. The maximum Gasteiger partial charge on any atom is 0.321 e. The first-order chi connectivity index (χ1) is 8.27. The molecule has 2 N–H and O–H groups in total. The van der Waals surface area contributed by atoms with E-state index in [1.54, 1.807) is 11.1 Å². The van der Waals surface area contributed by atoms with Crippen LogP contribution in [0.3, 0.4) is 0 Å². The number of carbonyl (C=O) groups excluding carboxylic acids is 1. The highest BCUT2D eigenvalue weighted by Gasteiger charge is 2.11. The fourth-order valence-electron chi connectivity index (χ4n) is 2.20. The number of aliphatic hydroxyl groups is 1. The number of hydrogen-bond donors (Lipinski definition) is 2. The van der Waals surface area contributed by atoms with Gasteiger partial charge in [0.05, 0.1) is 6.61 Å². The Kier molecular flexibility index (Phi) is 6.70. The fraction of sp³-hybridized carbons (Fsp3) is 0.769. The van der Waals surface area contributed by atoms with E-state index in [1.807, 2.05) is 6.92 Å². The van der Waals surface area contributed by atoms with Crippen LogP contribution in [0.2, 0.25) is 0 Å². The molecule has 0 radical (unpaired) electrons. The van der Waals surface area contributed by atoms with Gasteiger partial charge in [0.15, 0.2) is 0 Å². The molecule has 1 aliphatic carbocycles. The summed E-state index contributed by atoms with van der Waals surface area (Å²) >= 11 is 0. The Morgan fingerprint density at radius 3 is 2.71 bits per heavy atom. The molecule has 2 amide bonds. The highest BCUT2D eigenvalue weighted by atomic mass is 16.3. The highest BCUT2D eigenvalue weighted by Crippen LogP contribution is 2.24. The van der Waals surface area contributed by atoms with Crippen LogP contribution < -0.4 is 5.32 Å². The van der Waals surface area contributed by atoms with Crippen LogP contribution in [-0.4, -0.2) is 35.7 Å². The van der Waals surface area contributed by atoms with E-state index in [0.717, 1.165) is 0 Å². The third-order valence-corrected chi connectivity index (χ3v) is 3.26. The largest absolute Gasteiger partial charge is 0.395 e. The first kappa shape index (κ1) is 14.0.